The van der Waals surface area contributed by atoms with E-state index < -0.39 is 6.61 Å². The van der Waals surface area contributed by atoms with Crippen LogP contribution in [-0.4, -0.2) is 34.0 Å². The molecule has 0 aliphatic heterocycles. The second-order valence-corrected chi connectivity index (χ2v) is 5.95. The second-order valence-electron chi connectivity index (χ2n) is 5.95. The summed E-state index contributed by atoms with van der Waals surface area (Å²) < 4.78 is 30.6. The molecule has 0 N–H and O–H groups in total. The number of fused-ring (bicyclic) bond motifs is 1. The monoisotopic (exact) mass is 359 g/mol. The minimum Gasteiger partial charge on any atom is -0.435 e. The van der Waals surface area contributed by atoms with Crippen LogP contribution in [0.3, 0.4) is 0 Å². The third kappa shape index (κ3) is 4.36. The maximum atomic E-state index is 12.4. The Labute approximate surface area is 149 Å². The maximum Gasteiger partial charge on any atom is 0.387 e. The summed E-state index contributed by atoms with van der Waals surface area (Å²) in [5.41, 5.74) is 2.74. The first-order valence-electron chi connectivity index (χ1n) is 8.20. The summed E-state index contributed by atoms with van der Waals surface area (Å²) in [4.78, 5) is 18.3. The molecule has 1 amide bonds. The smallest absolute Gasteiger partial charge is 0.387 e. The van der Waals surface area contributed by atoms with Gasteiger partial charge in [-0.1, -0.05) is 24.3 Å². The highest BCUT2D eigenvalue weighted by Gasteiger charge is 2.11. The number of aryl methyl sites for hydroxylation is 1. The number of ether oxygens (including phenoxy) is 1. The average molecular weight is 359 g/mol. The Morgan fingerprint density at radius 1 is 1.19 bits per heavy atom. The highest BCUT2D eigenvalue weighted by Crippen LogP contribution is 2.16. The van der Waals surface area contributed by atoms with Crippen molar-refractivity contribution < 1.29 is 18.3 Å². The lowest BCUT2D eigenvalue weighted by Gasteiger charge is -2.18. The van der Waals surface area contributed by atoms with Crippen molar-refractivity contribution in [2.45, 2.75) is 26.1 Å². The van der Waals surface area contributed by atoms with Gasteiger partial charge in [0.05, 0.1) is 17.4 Å². The van der Waals surface area contributed by atoms with Crippen molar-refractivity contribution in [3.05, 3.63) is 60.4 Å². The Morgan fingerprint density at radius 2 is 1.92 bits per heavy atom. The zero-order chi connectivity index (χ0) is 18.5. The zero-order valence-electron chi connectivity index (χ0n) is 14.3. The summed E-state index contributed by atoms with van der Waals surface area (Å²) in [6, 6.07) is 14.1. The number of rotatable bonds is 7. The van der Waals surface area contributed by atoms with E-state index in [9.17, 15) is 13.6 Å². The lowest BCUT2D eigenvalue weighted by molar-refractivity contribution is -0.130. The highest BCUT2D eigenvalue weighted by molar-refractivity contribution is 5.77. The Morgan fingerprint density at radius 3 is 2.65 bits per heavy atom. The SMILES string of the molecule is CN(Cc1ccc(OC(F)F)cc1)C(=O)CCn1cnc2ccccc21. The molecular weight excluding hydrogens is 340 g/mol. The molecule has 0 spiro atoms. The Kier molecular flexibility index (Phi) is 5.46. The molecule has 0 aliphatic carbocycles. The number of benzene rings is 2. The van der Waals surface area contributed by atoms with E-state index in [0.717, 1.165) is 16.6 Å². The molecule has 0 fully saturated rings. The number of imidazole rings is 1. The molecule has 0 saturated heterocycles. The lowest BCUT2D eigenvalue weighted by atomic mass is 10.2. The quantitative estimate of drug-likeness (QED) is 0.646. The summed E-state index contributed by atoms with van der Waals surface area (Å²) in [6.45, 7) is -1.90. The largest absolute Gasteiger partial charge is 0.435 e. The van der Waals surface area contributed by atoms with E-state index >= 15 is 0 Å². The van der Waals surface area contributed by atoms with Crippen LogP contribution in [0, 0.1) is 0 Å². The summed E-state index contributed by atoms with van der Waals surface area (Å²) in [5, 5.41) is 0. The summed E-state index contributed by atoms with van der Waals surface area (Å²) >= 11 is 0. The number of carbonyl (C=O) groups excluding carboxylic acids is 1. The minimum atomic E-state index is -2.84. The lowest BCUT2D eigenvalue weighted by Crippen LogP contribution is -2.27. The van der Waals surface area contributed by atoms with Gasteiger partial charge in [-0.3, -0.25) is 4.79 Å². The Bertz CT molecular complexity index is 878. The molecule has 0 bridgehead atoms. The molecule has 3 rings (SSSR count). The van der Waals surface area contributed by atoms with Crippen molar-refractivity contribution in [2.24, 2.45) is 0 Å². The van der Waals surface area contributed by atoms with Gasteiger partial charge in [0.2, 0.25) is 5.91 Å². The molecule has 0 saturated carbocycles. The zero-order valence-corrected chi connectivity index (χ0v) is 14.3. The molecule has 26 heavy (non-hydrogen) atoms. The van der Waals surface area contributed by atoms with Crippen LogP contribution in [0.2, 0.25) is 0 Å². The number of amides is 1. The molecule has 0 aliphatic rings. The van der Waals surface area contributed by atoms with Crippen molar-refractivity contribution in [2.75, 3.05) is 7.05 Å². The predicted octanol–water partition coefficient (Wildman–Crippen LogP) is 3.69. The van der Waals surface area contributed by atoms with E-state index in [-0.39, 0.29) is 11.7 Å². The van der Waals surface area contributed by atoms with Crippen molar-refractivity contribution in [1.29, 1.82) is 0 Å². The van der Waals surface area contributed by atoms with Crippen LogP contribution in [0.1, 0.15) is 12.0 Å². The number of para-hydroxylation sites is 2. The van der Waals surface area contributed by atoms with Crippen molar-refractivity contribution in [3.63, 3.8) is 0 Å². The van der Waals surface area contributed by atoms with Gasteiger partial charge in [0.25, 0.3) is 0 Å². The van der Waals surface area contributed by atoms with Gasteiger partial charge in [-0.25, -0.2) is 4.98 Å². The van der Waals surface area contributed by atoms with Crippen LogP contribution in [0.15, 0.2) is 54.9 Å². The molecule has 136 valence electrons. The van der Waals surface area contributed by atoms with Gasteiger partial charge >= 0.3 is 6.61 Å². The van der Waals surface area contributed by atoms with Crippen LogP contribution in [0.25, 0.3) is 11.0 Å². The molecule has 0 unspecified atom stereocenters. The number of hydrogen-bond acceptors (Lipinski definition) is 3. The predicted molar refractivity (Wildman–Crippen MR) is 93.9 cm³/mol. The standard InChI is InChI=1S/C19H19F2N3O2/c1-23(12-14-6-8-15(9-7-14)26-19(20)21)18(25)10-11-24-13-22-16-4-2-3-5-17(16)24/h2-9,13,19H,10-12H2,1H3. The van der Waals surface area contributed by atoms with Crippen molar-refractivity contribution >= 4 is 16.9 Å². The topological polar surface area (TPSA) is 47.4 Å². The van der Waals surface area contributed by atoms with E-state index in [0.29, 0.717) is 19.5 Å². The summed E-state index contributed by atoms with van der Waals surface area (Å²) in [7, 11) is 1.72. The first kappa shape index (κ1) is 17.8. The highest BCUT2D eigenvalue weighted by atomic mass is 19.3. The molecule has 7 heteroatoms. The van der Waals surface area contributed by atoms with Gasteiger partial charge in [-0.2, -0.15) is 8.78 Å². The van der Waals surface area contributed by atoms with Gasteiger partial charge in [-0.05, 0) is 29.8 Å². The molecular formula is C19H19F2N3O2. The number of alkyl halides is 2. The third-order valence-electron chi connectivity index (χ3n) is 4.09. The molecule has 1 aromatic heterocycles. The molecule has 0 atom stereocenters. The van der Waals surface area contributed by atoms with Crippen LogP contribution in [-0.2, 0) is 17.9 Å². The first-order valence-corrected chi connectivity index (χ1v) is 8.20. The number of aromatic nitrogens is 2. The van der Waals surface area contributed by atoms with E-state index in [1.807, 2.05) is 28.8 Å². The number of carbonyl (C=O) groups is 1. The van der Waals surface area contributed by atoms with Gasteiger partial charge in [0.15, 0.2) is 0 Å². The second kappa shape index (κ2) is 7.95. The van der Waals surface area contributed by atoms with E-state index in [1.54, 1.807) is 30.4 Å². The fourth-order valence-electron chi connectivity index (χ4n) is 2.73. The van der Waals surface area contributed by atoms with E-state index in [2.05, 4.69) is 9.72 Å². The Balaban J connectivity index is 1.54. The normalized spacial score (nSPS) is 11.1. The molecule has 0 radical (unpaired) electrons. The summed E-state index contributed by atoms with van der Waals surface area (Å²) in [6.07, 6.45) is 2.09. The van der Waals surface area contributed by atoms with Crippen LogP contribution >= 0.6 is 0 Å². The molecule has 3 aromatic rings. The van der Waals surface area contributed by atoms with E-state index in [4.69, 9.17) is 0 Å². The number of halogens is 2. The molecule has 2 aromatic carbocycles. The van der Waals surface area contributed by atoms with Crippen LogP contribution in [0.5, 0.6) is 5.75 Å². The summed E-state index contributed by atoms with van der Waals surface area (Å²) in [5.74, 6) is 0.0976. The third-order valence-corrected chi connectivity index (χ3v) is 4.09. The van der Waals surface area contributed by atoms with Gasteiger partial charge in [0.1, 0.15) is 5.75 Å². The van der Waals surface area contributed by atoms with Crippen molar-refractivity contribution in [3.8, 4) is 5.75 Å². The fraction of sp³-hybridized carbons (Fsp3) is 0.263. The maximum absolute atomic E-state index is 12.4. The Hall–Kier alpha value is -2.96. The van der Waals surface area contributed by atoms with Gasteiger partial charge in [0, 0.05) is 26.6 Å². The minimum absolute atomic E-state index is 0.00399. The fourth-order valence-corrected chi connectivity index (χ4v) is 2.73. The van der Waals surface area contributed by atoms with Crippen LogP contribution in [0.4, 0.5) is 8.78 Å². The van der Waals surface area contributed by atoms with Gasteiger partial charge < -0.3 is 14.2 Å². The molecule has 5 nitrogen and oxygen atoms in total. The van der Waals surface area contributed by atoms with Crippen molar-refractivity contribution in [1.82, 2.24) is 14.5 Å². The van der Waals surface area contributed by atoms with Gasteiger partial charge in [-0.15, -0.1) is 0 Å². The van der Waals surface area contributed by atoms with E-state index in [1.165, 1.54) is 12.1 Å². The van der Waals surface area contributed by atoms with Crippen LogP contribution < -0.4 is 4.74 Å². The number of nitrogens with zero attached hydrogens (tertiary/aromatic N) is 3. The average Bonchev–Trinajstić information content (AvgIpc) is 3.04. The first-order chi connectivity index (χ1) is 12.5. The number of hydrogen-bond donors (Lipinski definition) is 0. The molecule has 1 heterocycles.